The Hall–Kier alpha value is -1.01. The van der Waals surface area contributed by atoms with Crippen molar-refractivity contribution in [1.82, 2.24) is 5.32 Å². The zero-order chi connectivity index (χ0) is 51.7. The third-order valence-electron chi connectivity index (χ3n) is 15.1. The zero-order valence-corrected chi connectivity index (χ0v) is 45.2. The van der Waals surface area contributed by atoms with Crippen LogP contribution in [0.4, 0.5) is 0 Å². The van der Waals surface area contributed by atoms with Gasteiger partial charge in [-0.1, -0.05) is 245 Å². The fraction of sp³-hybridized carbons (Fsp3) is 0.982. The van der Waals surface area contributed by atoms with E-state index in [1.807, 2.05) is 0 Å². The van der Waals surface area contributed by atoms with Crippen LogP contribution >= 0.6 is 0 Å². The molecule has 9 N–H and O–H groups in total. The number of unbranched alkanes of at least 4 members (excludes halogenated alkanes) is 35. The molecule has 14 heteroatoms. The molecular formula is C57H111NO13. The summed E-state index contributed by atoms with van der Waals surface area (Å²) in [4.78, 5) is 13.3. The maximum Gasteiger partial charge on any atom is 0.220 e. The molecule has 2 saturated heterocycles. The monoisotopic (exact) mass is 1020 g/mol. The number of hydrogen-bond acceptors (Lipinski definition) is 13. The molecule has 2 rings (SSSR count). The first-order valence-electron chi connectivity index (χ1n) is 29.8. The number of rotatable bonds is 48. The molecule has 14 nitrogen and oxygen atoms in total. The van der Waals surface area contributed by atoms with E-state index < -0.39 is 86.8 Å². The Balaban J connectivity index is 1.74. The molecule has 1 amide bonds. The molecule has 2 fully saturated rings. The third kappa shape index (κ3) is 30.4. The summed E-state index contributed by atoms with van der Waals surface area (Å²) in [7, 11) is 0. The summed E-state index contributed by atoms with van der Waals surface area (Å²) in [5.74, 6) is -0.200. The van der Waals surface area contributed by atoms with E-state index in [1.54, 1.807) is 0 Å². The first-order chi connectivity index (χ1) is 34.6. The van der Waals surface area contributed by atoms with Gasteiger partial charge in [-0.05, 0) is 12.8 Å². The van der Waals surface area contributed by atoms with Gasteiger partial charge in [-0.3, -0.25) is 4.79 Å². The highest BCUT2D eigenvalue weighted by Crippen LogP contribution is 2.30. The van der Waals surface area contributed by atoms with Crippen LogP contribution in [0, 0.1) is 0 Å². The lowest BCUT2D eigenvalue weighted by atomic mass is 9.97. The highest BCUT2D eigenvalue weighted by molar-refractivity contribution is 5.76. The first kappa shape index (κ1) is 66.1. The minimum absolute atomic E-state index is 0.200. The number of aliphatic hydroxyl groups excluding tert-OH is 8. The number of carbonyl (C=O) groups excluding carboxylic acids is 1. The second-order valence-corrected chi connectivity index (χ2v) is 21.5. The minimum Gasteiger partial charge on any atom is -0.394 e. The number of aliphatic hydroxyl groups is 8. The molecule has 0 aromatic carbocycles. The van der Waals surface area contributed by atoms with E-state index in [0.717, 1.165) is 51.4 Å². The predicted molar refractivity (Wildman–Crippen MR) is 282 cm³/mol. The molecule has 0 aliphatic carbocycles. The summed E-state index contributed by atoms with van der Waals surface area (Å²) in [6.45, 7) is 2.90. The summed E-state index contributed by atoms with van der Waals surface area (Å²) in [5, 5.41) is 87.2. The highest BCUT2D eigenvalue weighted by Gasteiger charge is 2.51. The predicted octanol–water partition coefficient (Wildman–Crippen LogP) is 9.73. The van der Waals surface area contributed by atoms with Gasteiger partial charge < -0.3 is 65.1 Å². The number of amides is 1. The molecule has 422 valence electrons. The van der Waals surface area contributed by atoms with Gasteiger partial charge in [0, 0.05) is 6.42 Å². The Bertz CT molecular complexity index is 1200. The Morgan fingerprint density at radius 1 is 0.451 bits per heavy atom. The lowest BCUT2D eigenvalue weighted by Crippen LogP contribution is -2.65. The minimum atomic E-state index is -1.78. The standard InChI is InChI=1S/C57H111NO13/c1-3-5-7-9-11-13-15-17-19-21-22-23-24-25-27-29-31-33-35-37-39-41-49(62)58-45(46(61)40-38-36-34-32-30-28-26-20-18-16-14-12-10-8-6-4-2)44-68-56-54(67)52(65)55(48(43-60)70-56)71-57-53(66)51(64)50(63)47(42-59)69-57/h45-48,50-57,59-61,63-67H,3-44H2,1-2H3,(H,58,62). The summed E-state index contributed by atoms with van der Waals surface area (Å²) < 4.78 is 22.8. The van der Waals surface area contributed by atoms with Crippen molar-refractivity contribution in [3.63, 3.8) is 0 Å². The maximum absolute atomic E-state index is 13.3. The van der Waals surface area contributed by atoms with E-state index in [1.165, 1.54) is 186 Å². The van der Waals surface area contributed by atoms with Crippen molar-refractivity contribution < 1.29 is 64.6 Å². The van der Waals surface area contributed by atoms with Gasteiger partial charge in [-0.15, -0.1) is 0 Å². The van der Waals surface area contributed by atoms with Gasteiger partial charge >= 0.3 is 0 Å². The van der Waals surface area contributed by atoms with Gasteiger partial charge in [0.2, 0.25) is 5.91 Å². The molecular weight excluding hydrogens is 907 g/mol. The van der Waals surface area contributed by atoms with E-state index in [-0.39, 0.29) is 12.5 Å². The van der Waals surface area contributed by atoms with Crippen LogP contribution in [-0.4, -0.2) is 140 Å². The summed E-state index contributed by atoms with van der Waals surface area (Å²) in [6, 6.07) is -0.822. The largest absolute Gasteiger partial charge is 0.394 e. The van der Waals surface area contributed by atoms with E-state index in [9.17, 15) is 45.6 Å². The topological polar surface area (TPSA) is 228 Å². The molecule has 2 heterocycles. The lowest BCUT2D eigenvalue weighted by molar-refractivity contribution is -0.359. The lowest BCUT2D eigenvalue weighted by Gasteiger charge is -2.46. The maximum atomic E-state index is 13.3. The van der Waals surface area contributed by atoms with E-state index >= 15 is 0 Å². The molecule has 0 aromatic heterocycles. The molecule has 0 saturated carbocycles. The first-order valence-corrected chi connectivity index (χ1v) is 29.8. The highest BCUT2D eigenvalue weighted by atomic mass is 16.7. The van der Waals surface area contributed by atoms with Crippen molar-refractivity contribution in [1.29, 1.82) is 0 Å². The van der Waals surface area contributed by atoms with Crippen molar-refractivity contribution in [3.05, 3.63) is 0 Å². The van der Waals surface area contributed by atoms with Crippen molar-refractivity contribution in [2.75, 3.05) is 19.8 Å². The third-order valence-corrected chi connectivity index (χ3v) is 15.1. The second kappa shape index (κ2) is 44.2. The Morgan fingerprint density at radius 3 is 1.20 bits per heavy atom. The molecule has 0 spiro atoms. The SMILES string of the molecule is CCCCCCCCCCCCCCCCCCCCCCCC(=O)NC(COC1OC(CO)C(OC2OC(CO)C(O)C(O)C2O)C(O)C1O)C(O)CCCCCCCCCCCCCCCCCC. The van der Waals surface area contributed by atoms with Crippen LogP contribution in [0.15, 0.2) is 0 Å². The Morgan fingerprint density at radius 2 is 0.803 bits per heavy atom. The Kier molecular flexibility index (Phi) is 41.1. The van der Waals surface area contributed by atoms with Crippen LogP contribution in [0.2, 0.25) is 0 Å². The van der Waals surface area contributed by atoms with Crippen LogP contribution in [-0.2, 0) is 23.7 Å². The van der Waals surface area contributed by atoms with Crippen molar-refractivity contribution >= 4 is 5.91 Å². The normalized spacial score (nSPS) is 25.7. The molecule has 71 heavy (non-hydrogen) atoms. The van der Waals surface area contributed by atoms with Crippen LogP contribution in [0.5, 0.6) is 0 Å². The summed E-state index contributed by atoms with van der Waals surface area (Å²) in [5.41, 5.74) is 0. The van der Waals surface area contributed by atoms with Gasteiger partial charge in [-0.25, -0.2) is 0 Å². The molecule has 2 aliphatic heterocycles. The van der Waals surface area contributed by atoms with Gasteiger partial charge in [0.15, 0.2) is 12.6 Å². The molecule has 0 radical (unpaired) electrons. The van der Waals surface area contributed by atoms with Gasteiger partial charge in [0.25, 0.3) is 0 Å². The number of hydrogen-bond donors (Lipinski definition) is 9. The van der Waals surface area contributed by atoms with Crippen molar-refractivity contribution in [3.8, 4) is 0 Å². The molecule has 0 bridgehead atoms. The van der Waals surface area contributed by atoms with Crippen LogP contribution in [0.1, 0.15) is 264 Å². The molecule has 0 aromatic rings. The van der Waals surface area contributed by atoms with E-state index in [0.29, 0.717) is 12.8 Å². The summed E-state index contributed by atoms with van der Waals surface area (Å²) >= 11 is 0. The van der Waals surface area contributed by atoms with Crippen LogP contribution in [0.3, 0.4) is 0 Å². The number of ether oxygens (including phenoxy) is 4. The van der Waals surface area contributed by atoms with Gasteiger partial charge in [0.1, 0.15) is 48.8 Å². The van der Waals surface area contributed by atoms with E-state index in [2.05, 4.69) is 19.2 Å². The average molecular weight is 1020 g/mol. The van der Waals surface area contributed by atoms with Crippen molar-refractivity contribution in [2.45, 2.75) is 338 Å². The molecule has 12 unspecified atom stereocenters. The van der Waals surface area contributed by atoms with E-state index in [4.69, 9.17) is 18.9 Å². The smallest absolute Gasteiger partial charge is 0.220 e. The second-order valence-electron chi connectivity index (χ2n) is 21.5. The summed E-state index contributed by atoms with van der Waals surface area (Å²) in [6.07, 6.45) is 31.0. The van der Waals surface area contributed by atoms with Crippen LogP contribution < -0.4 is 5.32 Å². The molecule has 12 atom stereocenters. The number of nitrogens with one attached hydrogen (secondary N) is 1. The molecule has 2 aliphatic rings. The van der Waals surface area contributed by atoms with Gasteiger partial charge in [-0.2, -0.15) is 0 Å². The van der Waals surface area contributed by atoms with Gasteiger partial charge in [0.05, 0.1) is 32.0 Å². The fourth-order valence-electron chi connectivity index (χ4n) is 10.2. The fourth-order valence-corrected chi connectivity index (χ4v) is 10.2. The quantitative estimate of drug-likeness (QED) is 0.0259. The average Bonchev–Trinajstić information content (AvgIpc) is 3.37. The van der Waals surface area contributed by atoms with Crippen LogP contribution in [0.25, 0.3) is 0 Å². The number of carbonyl (C=O) groups is 1. The zero-order valence-electron chi connectivity index (χ0n) is 45.2. The Labute approximate surface area is 432 Å². The van der Waals surface area contributed by atoms with Crippen molar-refractivity contribution in [2.24, 2.45) is 0 Å².